The van der Waals surface area contributed by atoms with Crippen molar-refractivity contribution in [1.29, 1.82) is 5.26 Å². The molecular weight excluding hydrogens is 478 g/mol. The maximum atomic E-state index is 10.5. The van der Waals surface area contributed by atoms with E-state index in [1.165, 1.54) is 11.1 Å². The fourth-order valence-electron chi connectivity index (χ4n) is 5.78. The standard InChI is InChI=1S/C32H45NO5/c1-8-12-15-22(5)32(21-33,38-24(7)35-11-4)19-18-26-28(36-23(6)34-10-3)20-29-30(26)27-17-13-16-25(14-9-2)31(27)37-29/h13,16-19,22-24,26,28-30H,9-11,14-15,20H2,1-7H3. The Balaban J connectivity index is 2.01. The van der Waals surface area contributed by atoms with Gasteiger partial charge in [0.05, 0.1) is 6.10 Å². The van der Waals surface area contributed by atoms with Gasteiger partial charge in [0.2, 0.25) is 0 Å². The highest BCUT2D eigenvalue weighted by molar-refractivity contribution is 5.49. The van der Waals surface area contributed by atoms with Crippen LogP contribution in [0.3, 0.4) is 0 Å². The van der Waals surface area contributed by atoms with Crippen molar-refractivity contribution >= 4 is 0 Å². The van der Waals surface area contributed by atoms with Gasteiger partial charge in [0.15, 0.2) is 18.2 Å². The number of para-hydroxylation sites is 1. The molecule has 1 aliphatic heterocycles. The number of fused-ring (bicyclic) bond motifs is 3. The number of nitriles is 1. The van der Waals surface area contributed by atoms with E-state index in [1.54, 1.807) is 0 Å². The lowest BCUT2D eigenvalue weighted by molar-refractivity contribution is -0.179. The third kappa shape index (κ3) is 6.80. The van der Waals surface area contributed by atoms with Crippen molar-refractivity contribution in [2.24, 2.45) is 11.8 Å². The lowest BCUT2D eigenvalue weighted by atomic mass is 9.82. The summed E-state index contributed by atoms with van der Waals surface area (Å²) in [5.41, 5.74) is 1.29. The summed E-state index contributed by atoms with van der Waals surface area (Å²) in [5.74, 6) is 7.05. The van der Waals surface area contributed by atoms with E-state index in [0.29, 0.717) is 19.6 Å². The first-order chi connectivity index (χ1) is 18.3. The molecule has 2 aliphatic rings. The molecule has 38 heavy (non-hydrogen) atoms. The smallest absolute Gasteiger partial charge is 0.179 e. The number of nitrogens with zero attached hydrogens (tertiary/aromatic N) is 1. The van der Waals surface area contributed by atoms with Gasteiger partial charge in [0.25, 0.3) is 0 Å². The van der Waals surface area contributed by atoms with Gasteiger partial charge in [-0.2, -0.15) is 5.26 Å². The van der Waals surface area contributed by atoms with Gasteiger partial charge in [-0.15, -0.1) is 11.8 Å². The van der Waals surface area contributed by atoms with Crippen molar-refractivity contribution in [3.8, 4) is 23.7 Å². The Morgan fingerprint density at radius 3 is 2.53 bits per heavy atom. The third-order valence-electron chi connectivity index (χ3n) is 7.57. The SMILES string of the molecule is CC#CCC(C)C(C#N)(C=CC1C(OC(C)OCC)CC2Oc3c(CCC)cccc3C21)OC(C)OCC. The van der Waals surface area contributed by atoms with Gasteiger partial charge in [-0.05, 0) is 52.7 Å². The van der Waals surface area contributed by atoms with Crippen LogP contribution in [0.15, 0.2) is 30.4 Å². The number of aryl methyl sites for hydroxylation is 1. The number of benzene rings is 1. The van der Waals surface area contributed by atoms with E-state index in [1.807, 2.05) is 47.6 Å². The van der Waals surface area contributed by atoms with Crippen LogP contribution in [0, 0.1) is 35.0 Å². The molecule has 1 aromatic rings. The Hall–Kier alpha value is -2.35. The largest absolute Gasteiger partial charge is 0.489 e. The van der Waals surface area contributed by atoms with Crippen LogP contribution in [0.4, 0.5) is 0 Å². The lowest BCUT2D eigenvalue weighted by Crippen LogP contribution is -2.40. The number of rotatable bonds is 14. The molecule has 0 bridgehead atoms. The quantitative estimate of drug-likeness (QED) is 0.157. The minimum Gasteiger partial charge on any atom is -0.489 e. The zero-order valence-electron chi connectivity index (χ0n) is 24.2. The van der Waals surface area contributed by atoms with Crippen molar-refractivity contribution in [3.63, 3.8) is 0 Å². The number of hydrogen-bond acceptors (Lipinski definition) is 6. The second kappa shape index (κ2) is 14.2. The van der Waals surface area contributed by atoms with E-state index < -0.39 is 11.9 Å². The molecule has 0 aromatic heterocycles. The topological polar surface area (TPSA) is 69.9 Å². The van der Waals surface area contributed by atoms with E-state index in [0.717, 1.165) is 25.0 Å². The molecule has 0 N–H and O–H groups in total. The molecule has 8 unspecified atom stereocenters. The summed E-state index contributed by atoms with van der Waals surface area (Å²) >= 11 is 0. The molecule has 1 saturated carbocycles. The maximum absolute atomic E-state index is 10.5. The molecule has 1 heterocycles. The Morgan fingerprint density at radius 1 is 1.13 bits per heavy atom. The van der Waals surface area contributed by atoms with Crippen LogP contribution in [0.5, 0.6) is 5.75 Å². The molecule has 0 amide bonds. The van der Waals surface area contributed by atoms with Crippen molar-refractivity contribution in [1.82, 2.24) is 0 Å². The average Bonchev–Trinajstić information content (AvgIpc) is 3.41. The van der Waals surface area contributed by atoms with Crippen LogP contribution in [0.2, 0.25) is 0 Å². The van der Waals surface area contributed by atoms with Crippen LogP contribution in [0.1, 0.15) is 84.8 Å². The van der Waals surface area contributed by atoms with Gasteiger partial charge in [0.1, 0.15) is 17.9 Å². The first-order valence-electron chi connectivity index (χ1n) is 14.2. The molecule has 0 saturated heterocycles. The van der Waals surface area contributed by atoms with Gasteiger partial charge < -0.3 is 23.7 Å². The van der Waals surface area contributed by atoms with E-state index in [-0.39, 0.29) is 36.3 Å². The van der Waals surface area contributed by atoms with Gasteiger partial charge >= 0.3 is 0 Å². The molecule has 8 atom stereocenters. The minimum atomic E-state index is -1.20. The third-order valence-corrected chi connectivity index (χ3v) is 7.57. The monoisotopic (exact) mass is 523 g/mol. The van der Waals surface area contributed by atoms with Crippen LogP contribution in [-0.4, -0.2) is 43.6 Å². The summed E-state index contributed by atoms with van der Waals surface area (Å²) in [7, 11) is 0. The van der Waals surface area contributed by atoms with Crippen LogP contribution in [-0.2, 0) is 25.4 Å². The average molecular weight is 524 g/mol. The highest BCUT2D eigenvalue weighted by Gasteiger charge is 2.51. The van der Waals surface area contributed by atoms with Crippen molar-refractivity contribution in [2.45, 2.75) is 110 Å². The highest BCUT2D eigenvalue weighted by Crippen LogP contribution is 2.53. The fourth-order valence-corrected chi connectivity index (χ4v) is 5.78. The molecule has 1 aliphatic carbocycles. The van der Waals surface area contributed by atoms with E-state index in [4.69, 9.17) is 23.7 Å². The molecule has 0 radical (unpaired) electrons. The summed E-state index contributed by atoms with van der Waals surface area (Å²) in [6.45, 7) is 14.7. The van der Waals surface area contributed by atoms with Crippen molar-refractivity contribution < 1.29 is 23.7 Å². The summed E-state index contributed by atoms with van der Waals surface area (Å²) in [6.07, 6.45) is 6.42. The zero-order valence-corrected chi connectivity index (χ0v) is 24.2. The fraction of sp³-hybridized carbons (Fsp3) is 0.656. The van der Waals surface area contributed by atoms with E-state index in [9.17, 15) is 5.26 Å². The normalized spacial score (nSPS) is 25.8. The first-order valence-corrected chi connectivity index (χ1v) is 14.2. The van der Waals surface area contributed by atoms with Gasteiger partial charge in [-0.3, -0.25) is 0 Å². The summed E-state index contributed by atoms with van der Waals surface area (Å²) in [4.78, 5) is 0. The van der Waals surface area contributed by atoms with Crippen LogP contribution < -0.4 is 4.74 Å². The predicted octanol–water partition coefficient (Wildman–Crippen LogP) is 6.54. The molecule has 6 heteroatoms. The molecule has 1 aromatic carbocycles. The Kier molecular flexibility index (Phi) is 11.2. The molecular formula is C32H45NO5. The number of hydrogen-bond donors (Lipinski definition) is 0. The summed E-state index contributed by atoms with van der Waals surface area (Å²) in [5, 5.41) is 10.5. The predicted molar refractivity (Wildman–Crippen MR) is 149 cm³/mol. The van der Waals surface area contributed by atoms with Gasteiger partial charge in [0, 0.05) is 49.4 Å². The first kappa shape index (κ1) is 30.2. The van der Waals surface area contributed by atoms with Gasteiger partial charge in [-0.25, -0.2) is 0 Å². The van der Waals surface area contributed by atoms with E-state index >= 15 is 0 Å². The highest BCUT2D eigenvalue weighted by atomic mass is 16.7. The maximum Gasteiger partial charge on any atom is 0.179 e. The van der Waals surface area contributed by atoms with Crippen LogP contribution >= 0.6 is 0 Å². The van der Waals surface area contributed by atoms with E-state index in [2.05, 4.69) is 49.1 Å². The Labute approximate surface area is 229 Å². The van der Waals surface area contributed by atoms with Gasteiger partial charge in [-0.1, -0.05) is 44.5 Å². The molecule has 1 fully saturated rings. The number of ether oxygens (including phenoxy) is 5. The minimum absolute atomic E-state index is 0.00998. The summed E-state index contributed by atoms with van der Waals surface area (Å²) < 4.78 is 30.7. The van der Waals surface area contributed by atoms with Crippen LogP contribution in [0.25, 0.3) is 0 Å². The molecule has 6 nitrogen and oxygen atoms in total. The second-order valence-electron chi connectivity index (χ2n) is 10.2. The summed E-state index contributed by atoms with van der Waals surface area (Å²) in [6, 6.07) is 8.94. The lowest BCUT2D eigenvalue weighted by Gasteiger charge is -2.33. The molecule has 208 valence electrons. The molecule has 3 rings (SSSR count). The second-order valence-corrected chi connectivity index (χ2v) is 10.2. The molecule has 0 spiro atoms. The zero-order chi connectivity index (χ0) is 27.7. The Bertz CT molecular complexity index is 1040. The van der Waals surface area contributed by atoms with Crippen molar-refractivity contribution in [2.75, 3.05) is 13.2 Å². The van der Waals surface area contributed by atoms with Crippen molar-refractivity contribution in [3.05, 3.63) is 41.5 Å². The Morgan fingerprint density at radius 2 is 1.87 bits per heavy atom.